The van der Waals surface area contributed by atoms with Crippen LogP contribution in [0.15, 0.2) is 29.3 Å². The van der Waals surface area contributed by atoms with Crippen molar-refractivity contribution in [2.45, 2.75) is 47.3 Å². The molecule has 2 rings (SSSR count). The van der Waals surface area contributed by atoms with Crippen LogP contribution in [0.2, 0.25) is 0 Å². The van der Waals surface area contributed by atoms with Gasteiger partial charge in [-0.25, -0.2) is 4.99 Å². The van der Waals surface area contributed by atoms with Gasteiger partial charge in [0.25, 0.3) is 0 Å². The van der Waals surface area contributed by atoms with Crippen molar-refractivity contribution in [3.05, 3.63) is 35.4 Å². The Balaban J connectivity index is 1.97. The number of guanidine groups is 1. The molecule has 4 heteroatoms. The molecule has 0 radical (unpaired) electrons. The van der Waals surface area contributed by atoms with Crippen molar-refractivity contribution in [3.8, 4) is 0 Å². The lowest BCUT2D eigenvalue weighted by atomic mass is 9.93. The van der Waals surface area contributed by atoms with Crippen molar-refractivity contribution in [1.82, 2.24) is 10.2 Å². The van der Waals surface area contributed by atoms with Crippen LogP contribution in [0.25, 0.3) is 0 Å². The number of rotatable bonds is 6. The molecule has 1 N–H and O–H groups in total. The van der Waals surface area contributed by atoms with Crippen LogP contribution in [0.1, 0.15) is 45.2 Å². The largest absolute Gasteiger partial charge is 0.377 e. The van der Waals surface area contributed by atoms with Gasteiger partial charge in [0, 0.05) is 26.2 Å². The van der Waals surface area contributed by atoms with Gasteiger partial charge in [0.2, 0.25) is 0 Å². The Morgan fingerprint density at radius 1 is 1.22 bits per heavy atom. The molecule has 1 heterocycles. The van der Waals surface area contributed by atoms with Crippen LogP contribution in [0, 0.1) is 5.41 Å². The van der Waals surface area contributed by atoms with Gasteiger partial charge in [0.15, 0.2) is 5.96 Å². The number of hydrogen-bond donors (Lipinski definition) is 1. The van der Waals surface area contributed by atoms with Gasteiger partial charge >= 0.3 is 0 Å². The van der Waals surface area contributed by atoms with Gasteiger partial charge < -0.3 is 15.0 Å². The van der Waals surface area contributed by atoms with Crippen LogP contribution in [-0.4, -0.2) is 37.1 Å². The number of likely N-dealkylation sites (tertiary alicyclic amines) is 1. The Kier molecular flexibility index (Phi) is 6.46. The summed E-state index contributed by atoms with van der Waals surface area (Å²) in [6, 6.07) is 8.56. The number of nitrogens with one attached hydrogen (secondary N) is 1. The molecule has 0 saturated carbocycles. The molecule has 1 aliphatic rings. The molecule has 1 aliphatic heterocycles. The van der Waals surface area contributed by atoms with E-state index in [0.717, 1.165) is 32.2 Å². The number of nitrogens with zero attached hydrogens (tertiary/aromatic N) is 2. The van der Waals surface area contributed by atoms with E-state index in [4.69, 9.17) is 9.73 Å². The van der Waals surface area contributed by atoms with Gasteiger partial charge in [-0.05, 0) is 36.8 Å². The Hall–Kier alpha value is -1.55. The lowest BCUT2D eigenvalue weighted by molar-refractivity contribution is 0.134. The van der Waals surface area contributed by atoms with E-state index in [1.54, 1.807) is 0 Å². The summed E-state index contributed by atoms with van der Waals surface area (Å²) in [4.78, 5) is 7.21. The number of aliphatic imine (C=N–C) groups is 1. The van der Waals surface area contributed by atoms with E-state index < -0.39 is 0 Å². The topological polar surface area (TPSA) is 36.9 Å². The van der Waals surface area contributed by atoms with Crippen LogP contribution >= 0.6 is 0 Å². The Labute approximate surface area is 140 Å². The fraction of sp³-hybridized carbons (Fsp3) is 0.632. The van der Waals surface area contributed by atoms with Crippen LogP contribution < -0.4 is 5.32 Å². The highest BCUT2D eigenvalue weighted by Gasteiger charge is 2.30. The SMILES string of the molecule is CCNC(=NCc1ccc(COCC)cc1)N1CCC(C)(C)C1. The van der Waals surface area contributed by atoms with Crippen molar-refractivity contribution in [2.24, 2.45) is 10.4 Å². The minimum atomic E-state index is 0.386. The molecule has 0 aliphatic carbocycles. The summed E-state index contributed by atoms with van der Waals surface area (Å²) in [5.41, 5.74) is 2.84. The van der Waals surface area contributed by atoms with Crippen LogP contribution in [0.4, 0.5) is 0 Å². The molecule has 23 heavy (non-hydrogen) atoms. The van der Waals surface area contributed by atoms with Crippen LogP contribution in [-0.2, 0) is 17.9 Å². The number of benzene rings is 1. The molecule has 1 saturated heterocycles. The van der Waals surface area contributed by atoms with Gasteiger partial charge in [-0.1, -0.05) is 38.1 Å². The monoisotopic (exact) mass is 317 g/mol. The van der Waals surface area contributed by atoms with E-state index in [0.29, 0.717) is 18.6 Å². The standard InChI is InChI=1S/C19H31N3O/c1-5-20-18(22-12-11-19(3,4)15-22)21-13-16-7-9-17(10-8-16)14-23-6-2/h7-10H,5-6,11-15H2,1-4H3,(H,20,21). The number of hydrogen-bond acceptors (Lipinski definition) is 2. The maximum Gasteiger partial charge on any atom is 0.194 e. The first-order valence-corrected chi connectivity index (χ1v) is 8.73. The van der Waals surface area contributed by atoms with Gasteiger partial charge in [0.05, 0.1) is 13.2 Å². The summed E-state index contributed by atoms with van der Waals surface area (Å²) >= 11 is 0. The van der Waals surface area contributed by atoms with Crippen molar-refractivity contribution in [3.63, 3.8) is 0 Å². The summed E-state index contributed by atoms with van der Waals surface area (Å²) < 4.78 is 5.43. The average Bonchev–Trinajstić information content (AvgIpc) is 2.90. The minimum absolute atomic E-state index is 0.386. The molecule has 0 unspecified atom stereocenters. The quantitative estimate of drug-likeness (QED) is 0.645. The van der Waals surface area contributed by atoms with Crippen molar-refractivity contribution in [2.75, 3.05) is 26.2 Å². The zero-order valence-corrected chi connectivity index (χ0v) is 15.1. The molecule has 0 spiro atoms. The minimum Gasteiger partial charge on any atom is -0.377 e. The molecule has 1 aromatic rings. The van der Waals surface area contributed by atoms with E-state index in [-0.39, 0.29) is 0 Å². The highest BCUT2D eigenvalue weighted by molar-refractivity contribution is 5.80. The summed E-state index contributed by atoms with van der Waals surface area (Å²) in [6.07, 6.45) is 1.23. The fourth-order valence-corrected chi connectivity index (χ4v) is 2.85. The van der Waals surface area contributed by atoms with E-state index in [1.807, 2.05) is 6.92 Å². The second-order valence-corrected chi connectivity index (χ2v) is 6.96. The molecule has 1 aromatic carbocycles. The van der Waals surface area contributed by atoms with Gasteiger partial charge in [-0.2, -0.15) is 0 Å². The lowest BCUT2D eigenvalue weighted by Gasteiger charge is -2.23. The highest BCUT2D eigenvalue weighted by atomic mass is 16.5. The van der Waals surface area contributed by atoms with Gasteiger partial charge in [0.1, 0.15) is 0 Å². The first-order chi connectivity index (χ1) is 11.0. The van der Waals surface area contributed by atoms with Crippen LogP contribution in [0.5, 0.6) is 0 Å². The summed E-state index contributed by atoms with van der Waals surface area (Å²) in [5.74, 6) is 1.04. The van der Waals surface area contributed by atoms with Crippen molar-refractivity contribution < 1.29 is 4.74 Å². The van der Waals surface area contributed by atoms with E-state index in [2.05, 4.69) is 55.3 Å². The third-order valence-electron chi connectivity index (χ3n) is 4.22. The van der Waals surface area contributed by atoms with Crippen LogP contribution in [0.3, 0.4) is 0 Å². The zero-order chi connectivity index (χ0) is 16.7. The normalized spacial score (nSPS) is 17.6. The molecule has 4 nitrogen and oxygen atoms in total. The second kappa shape index (κ2) is 8.34. The summed E-state index contributed by atoms with van der Waals surface area (Å²) in [5, 5.41) is 3.43. The third-order valence-corrected chi connectivity index (χ3v) is 4.22. The second-order valence-electron chi connectivity index (χ2n) is 6.96. The molecule has 0 amide bonds. The summed E-state index contributed by atoms with van der Waals surface area (Å²) in [6.45, 7) is 14.0. The molecular formula is C19H31N3O. The number of ether oxygens (including phenoxy) is 1. The fourth-order valence-electron chi connectivity index (χ4n) is 2.85. The highest BCUT2D eigenvalue weighted by Crippen LogP contribution is 2.28. The first-order valence-electron chi connectivity index (χ1n) is 8.73. The van der Waals surface area contributed by atoms with Gasteiger partial charge in [-0.3, -0.25) is 0 Å². The van der Waals surface area contributed by atoms with Gasteiger partial charge in [-0.15, -0.1) is 0 Å². The zero-order valence-electron chi connectivity index (χ0n) is 15.1. The van der Waals surface area contributed by atoms with E-state index in [9.17, 15) is 0 Å². The average molecular weight is 317 g/mol. The first kappa shape index (κ1) is 17.8. The van der Waals surface area contributed by atoms with Crippen molar-refractivity contribution >= 4 is 5.96 Å². The molecule has 0 bridgehead atoms. The third kappa shape index (κ3) is 5.54. The molecule has 0 atom stereocenters. The molecular weight excluding hydrogens is 286 g/mol. The summed E-state index contributed by atoms with van der Waals surface area (Å²) in [7, 11) is 0. The van der Waals surface area contributed by atoms with E-state index >= 15 is 0 Å². The molecule has 0 aromatic heterocycles. The predicted octanol–water partition coefficient (Wildman–Crippen LogP) is 3.42. The molecule has 1 fully saturated rings. The predicted molar refractivity (Wildman–Crippen MR) is 96.6 cm³/mol. The Bertz CT molecular complexity index is 508. The smallest absolute Gasteiger partial charge is 0.194 e. The maximum atomic E-state index is 5.43. The lowest BCUT2D eigenvalue weighted by Crippen LogP contribution is -2.40. The van der Waals surface area contributed by atoms with E-state index in [1.165, 1.54) is 17.5 Å². The molecule has 128 valence electrons. The Morgan fingerprint density at radius 3 is 2.48 bits per heavy atom. The maximum absolute atomic E-state index is 5.43. The van der Waals surface area contributed by atoms with Crippen molar-refractivity contribution in [1.29, 1.82) is 0 Å². The Morgan fingerprint density at radius 2 is 1.91 bits per heavy atom.